The van der Waals surface area contributed by atoms with E-state index >= 15 is 0 Å². The van der Waals surface area contributed by atoms with Crippen LogP contribution in [0.3, 0.4) is 0 Å². The lowest BCUT2D eigenvalue weighted by Gasteiger charge is -2.34. The Bertz CT molecular complexity index is 794. The zero-order chi connectivity index (χ0) is 20.7. The average molecular weight is 408 g/mol. The van der Waals surface area contributed by atoms with Crippen LogP contribution in [-0.2, 0) is 4.74 Å². The fourth-order valence-corrected chi connectivity index (χ4v) is 3.22. The maximum Gasteiger partial charge on any atom is 0.410 e. The Balaban J connectivity index is 0.00000136. The summed E-state index contributed by atoms with van der Waals surface area (Å²) in [7, 11) is 0. The Morgan fingerprint density at radius 2 is 2.04 bits per heavy atom. The quantitative estimate of drug-likeness (QED) is 0.738. The lowest BCUT2D eigenvalue weighted by molar-refractivity contribution is 0.0172. The zero-order valence-corrected chi connectivity index (χ0v) is 18.1. The van der Waals surface area contributed by atoms with E-state index in [1.807, 2.05) is 34.6 Å². The zero-order valence-electron chi connectivity index (χ0n) is 17.3. The lowest BCUT2D eigenvalue weighted by atomic mass is 9.98. The van der Waals surface area contributed by atoms with Gasteiger partial charge in [-0.25, -0.2) is 14.8 Å². The van der Waals surface area contributed by atoms with E-state index in [0.29, 0.717) is 41.0 Å². The van der Waals surface area contributed by atoms with Crippen molar-refractivity contribution in [2.24, 2.45) is 5.92 Å². The van der Waals surface area contributed by atoms with Gasteiger partial charge in [0.25, 0.3) is 0 Å². The molecule has 28 heavy (non-hydrogen) atoms. The first-order chi connectivity index (χ1) is 13.3. The monoisotopic (exact) mass is 407 g/mol. The number of hydrogen-bond acceptors (Lipinski definition) is 6. The molecule has 1 N–H and O–H groups in total. The minimum atomic E-state index is -0.482. The summed E-state index contributed by atoms with van der Waals surface area (Å²) in [5, 5.41) is 3.70. The van der Waals surface area contributed by atoms with Gasteiger partial charge in [-0.05, 0) is 39.5 Å². The van der Waals surface area contributed by atoms with E-state index in [9.17, 15) is 4.79 Å². The maximum absolute atomic E-state index is 12.3. The first-order valence-electron chi connectivity index (χ1n) is 9.81. The van der Waals surface area contributed by atoms with Crippen LogP contribution in [0.2, 0.25) is 5.15 Å². The number of likely N-dealkylation sites (tertiary alicyclic amines) is 1. The molecule has 0 saturated carbocycles. The molecule has 1 fully saturated rings. The summed E-state index contributed by atoms with van der Waals surface area (Å²) >= 11 is 6.08. The average Bonchev–Trinajstić information content (AvgIpc) is 2.66. The van der Waals surface area contributed by atoms with Gasteiger partial charge in [0.1, 0.15) is 16.3 Å². The van der Waals surface area contributed by atoms with Crippen molar-refractivity contribution in [3.05, 3.63) is 23.6 Å². The number of fused-ring (bicyclic) bond motifs is 1. The first kappa shape index (κ1) is 22.1. The van der Waals surface area contributed by atoms with Crippen LogP contribution in [0.15, 0.2) is 18.5 Å². The summed E-state index contributed by atoms with van der Waals surface area (Å²) in [6.07, 6.45) is 5.00. The highest BCUT2D eigenvalue weighted by Crippen LogP contribution is 2.23. The number of anilines is 1. The molecule has 8 heteroatoms. The number of pyridine rings is 1. The molecule has 1 amide bonds. The van der Waals surface area contributed by atoms with E-state index < -0.39 is 5.60 Å². The Morgan fingerprint density at radius 3 is 2.75 bits per heavy atom. The number of rotatable bonds is 3. The third-order valence-electron chi connectivity index (χ3n) is 4.15. The number of hydrogen-bond donors (Lipinski definition) is 1. The van der Waals surface area contributed by atoms with Crippen molar-refractivity contribution in [2.45, 2.75) is 53.1 Å². The second-order valence-electron chi connectivity index (χ2n) is 7.53. The third-order valence-corrected chi connectivity index (χ3v) is 4.35. The van der Waals surface area contributed by atoms with Crippen LogP contribution in [0.1, 0.15) is 47.5 Å². The third kappa shape index (κ3) is 6.19. The molecular weight excluding hydrogens is 378 g/mol. The van der Waals surface area contributed by atoms with Crippen LogP contribution in [-0.4, -0.2) is 51.2 Å². The number of amides is 1. The van der Waals surface area contributed by atoms with E-state index in [2.05, 4.69) is 20.3 Å². The molecule has 0 radical (unpaired) electrons. The van der Waals surface area contributed by atoms with Crippen molar-refractivity contribution >= 4 is 34.5 Å². The molecule has 0 spiro atoms. The standard InChI is InChI=1S/C18H24ClN5O2.C2H6/c1-18(2,3)26-17(25)24-8-4-5-12(11-24)10-22-16-15-13(9-14(19)23-16)20-6-7-21-15;1-2/h6-7,9,12H,4-5,8,10-11H2,1-3H3,(H,22,23);1-2H3/t12-;/m1./s1. The molecule has 0 bridgehead atoms. The minimum Gasteiger partial charge on any atom is -0.444 e. The van der Waals surface area contributed by atoms with Crippen molar-refractivity contribution in [3.63, 3.8) is 0 Å². The predicted octanol–water partition coefficient (Wildman–Crippen LogP) is 4.76. The van der Waals surface area contributed by atoms with Crippen LogP contribution in [0.4, 0.5) is 10.6 Å². The number of piperidine rings is 1. The van der Waals surface area contributed by atoms with Crippen LogP contribution in [0.5, 0.6) is 0 Å². The number of halogens is 1. The molecule has 1 aliphatic heterocycles. The first-order valence-corrected chi connectivity index (χ1v) is 10.2. The molecule has 2 aromatic rings. The Kier molecular flexibility index (Phi) is 7.80. The number of nitrogens with one attached hydrogen (secondary N) is 1. The van der Waals surface area contributed by atoms with Crippen molar-refractivity contribution in [1.82, 2.24) is 19.9 Å². The van der Waals surface area contributed by atoms with Gasteiger partial charge in [0, 0.05) is 38.1 Å². The topological polar surface area (TPSA) is 80.2 Å². The Morgan fingerprint density at radius 1 is 1.32 bits per heavy atom. The molecule has 0 aliphatic carbocycles. The molecular formula is C20H30ClN5O2. The highest BCUT2D eigenvalue weighted by atomic mass is 35.5. The summed E-state index contributed by atoms with van der Waals surface area (Å²) in [4.78, 5) is 27.0. The van der Waals surface area contributed by atoms with Gasteiger partial charge in [-0.2, -0.15) is 0 Å². The SMILES string of the molecule is CC.CC(C)(C)OC(=O)N1CCC[C@H](CNc2nc(Cl)cc3nccnc23)C1. The molecule has 154 valence electrons. The van der Waals surface area contributed by atoms with Crippen molar-refractivity contribution in [1.29, 1.82) is 0 Å². The molecule has 0 unspecified atom stereocenters. The Hall–Kier alpha value is -2.15. The van der Waals surface area contributed by atoms with Crippen LogP contribution >= 0.6 is 11.6 Å². The fourth-order valence-electron chi connectivity index (χ4n) is 3.03. The lowest BCUT2D eigenvalue weighted by Crippen LogP contribution is -2.44. The molecule has 1 aliphatic rings. The summed E-state index contributed by atoms with van der Waals surface area (Å²) in [6.45, 7) is 11.7. The largest absolute Gasteiger partial charge is 0.444 e. The number of ether oxygens (including phenoxy) is 1. The molecule has 1 atom stereocenters. The fraction of sp³-hybridized carbons (Fsp3) is 0.600. The number of carbonyl (C=O) groups is 1. The van der Waals surface area contributed by atoms with E-state index in [0.717, 1.165) is 19.4 Å². The maximum atomic E-state index is 12.3. The Labute approximate surface area is 171 Å². The van der Waals surface area contributed by atoms with Gasteiger partial charge < -0.3 is 15.0 Å². The van der Waals surface area contributed by atoms with E-state index in [4.69, 9.17) is 16.3 Å². The van der Waals surface area contributed by atoms with Crippen molar-refractivity contribution in [3.8, 4) is 0 Å². The number of nitrogens with zero attached hydrogens (tertiary/aromatic N) is 4. The summed E-state index contributed by atoms with van der Waals surface area (Å²) in [5.74, 6) is 0.929. The van der Waals surface area contributed by atoms with Gasteiger partial charge in [0.05, 0.1) is 5.52 Å². The minimum absolute atomic E-state index is 0.251. The van der Waals surface area contributed by atoms with Crippen molar-refractivity contribution in [2.75, 3.05) is 25.0 Å². The van der Waals surface area contributed by atoms with Gasteiger partial charge in [-0.1, -0.05) is 25.4 Å². The summed E-state index contributed by atoms with van der Waals surface area (Å²) in [5.41, 5.74) is 0.913. The normalized spacial score (nSPS) is 16.9. The summed E-state index contributed by atoms with van der Waals surface area (Å²) in [6, 6.07) is 1.69. The highest BCUT2D eigenvalue weighted by Gasteiger charge is 2.27. The molecule has 3 rings (SSSR count). The number of aromatic nitrogens is 3. The number of carbonyl (C=O) groups excluding carboxylic acids is 1. The van der Waals surface area contributed by atoms with Gasteiger partial charge >= 0.3 is 6.09 Å². The van der Waals surface area contributed by atoms with Crippen molar-refractivity contribution < 1.29 is 9.53 Å². The van der Waals surface area contributed by atoms with Gasteiger partial charge in [-0.3, -0.25) is 4.98 Å². The van der Waals surface area contributed by atoms with E-state index in [-0.39, 0.29) is 6.09 Å². The van der Waals surface area contributed by atoms with Crippen LogP contribution < -0.4 is 5.32 Å². The van der Waals surface area contributed by atoms with Crippen LogP contribution in [0, 0.1) is 5.92 Å². The second-order valence-corrected chi connectivity index (χ2v) is 7.92. The summed E-state index contributed by atoms with van der Waals surface area (Å²) < 4.78 is 5.48. The molecule has 3 heterocycles. The predicted molar refractivity (Wildman–Crippen MR) is 113 cm³/mol. The smallest absolute Gasteiger partial charge is 0.410 e. The highest BCUT2D eigenvalue weighted by molar-refractivity contribution is 6.30. The van der Waals surface area contributed by atoms with Gasteiger partial charge in [0.2, 0.25) is 0 Å². The van der Waals surface area contributed by atoms with Gasteiger partial charge in [0.15, 0.2) is 5.82 Å². The molecule has 7 nitrogen and oxygen atoms in total. The van der Waals surface area contributed by atoms with Gasteiger partial charge in [-0.15, -0.1) is 0 Å². The second kappa shape index (κ2) is 9.87. The molecule has 0 aromatic carbocycles. The molecule has 1 saturated heterocycles. The molecule has 2 aromatic heterocycles. The van der Waals surface area contributed by atoms with E-state index in [1.165, 1.54) is 0 Å². The van der Waals surface area contributed by atoms with Crippen LogP contribution in [0.25, 0.3) is 11.0 Å². The van der Waals surface area contributed by atoms with E-state index in [1.54, 1.807) is 23.4 Å².